The molecule has 6 nitrogen and oxygen atoms in total. The summed E-state index contributed by atoms with van der Waals surface area (Å²) in [6.07, 6.45) is 5.12. The van der Waals surface area contributed by atoms with Gasteiger partial charge in [0.15, 0.2) is 0 Å². The van der Waals surface area contributed by atoms with Crippen molar-refractivity contribution in [3.63, 3.8) is 0 Å². The second-order valence-corrected chi connectivity index (χ2v) is 8.37. The van der Waals surface area contributed by atoms with E-state index in [2.05, 4.69) is 4.90 Å². The molecule has 8 heteroatoms. The number of carbonyl (C=O) groups is 2. The van der Waals surface area contributed by atoms with Gasteiger partial charge in [-0.25, -0.2) is 0 Å². The van der Waals surface area contributed by atoms with Crippen LogP contribution in [0.2, 0.25) is 10.0 Å². The molecule has 3 rings (SSSR count). The van der Waals surface area contributed by atoms with Crippen LogP contribution >= 0.6 is 23.2 Å². The van der Waals surface area contributed by atoms with Crippen molar-refractivity contribution in [1.82, 2.24) is 14.7 Å². The van der Waals surface area contributed by atoms with Crippen molar-refractivity contribution in [1.29, 1.82) is 0 Å². The molecule has 0 aromatic heterocycles. The van der Waals surface area contributed by atoms with Crippen LogP contribution in [0.5, 0.6) is 0 Å². The van der Waals surface area contributed by atoms with Gasteiger partial charge in [-0.05, 0) is 43.2 Å². The van der Waals surface area contributed by atoms with Crippen LogP contribution in [-0.2, 0) is 9.59 Å². The minimum atomic E-state index is -0.265. The predicted octanol–water partition coefficient (Wildman–Crippen LogP) is 2.52. The molecular formula is C21H27Cl2N3O3. The second kappa shape index (κ2) is 10.4. The van der Waals surface area contributed by atoms with E-state index in [0.29, 0.717) is 49.2 Å². The molecule has 158 valence electrons. The number of hydrogen-bond acceptors (Lipinski definition) is 4. The molecule has 2 amide bonds. The fourth-order valence-corrected chi connectivity index (χ4v) is 4.02. The maximum absolute atomic E-state index is 12.5. The Hall–Kier alpha value is -1.60. The number of piperidine rings is 1. The third-order valence-corrected chi connectivity index (χ3v) is 6.17. The lowest BCUT2D eigenvalue weighted by Gasteiger charge is -2.32. The molecule has 2 aliphatic heterocycles. The number of β-amino-alcohol motifs (C(OH)–C–C–N with tert-alkyl or cyclic N) is 1. The molecular weight excluding hydrogens is 413 g/mol. The number of carbonyl (C=O) groups excluding carboxylic acids is 2. The number of aliphatic hydroxyl groups excluding tert-OH is 1. The van der Waals surface area contributed by atoms with Crippen LogP contribution in [0.1, 0.15) is 24.8 Å². The lowest BCUT2D eigenvalue weighted by atomic mass is 10.1. The average Bonchev–Trinajstić information content (AvgIpc) is 2.89. The zero-order valence-electron chi connectivity index (χ0n) is 16.4. The Morgan fingerprint density at radius 1 is 1.14 bits per heavy atom. The second-order valence-electron chi connectivity index (χ2n) is 7.56. The molecule has 0 unspecified atom stereocenters. The first-order valence-electron chi connectivity index (χ1n) is 10.0. The summed E-state index contributed by atoms with van der Waals surface area (Å²) < 4.78 is 0. The quantitative estimate of drug-likeness (QED) is 0.715. The number of amides is 2. The monoisotopic (exact) mass is 439 g/mol. The smallest absolute Gasteiger partial charge is 0.246 e. The first kappa shape index (κ1) is 22.1. The van der Waals surface area contributed by atoms with E-state index < -0.39 is 0 Å². The summed E-state index contributed by atoms with van der Waals surface area (Å²) in [6.45, 7) is 4.48. The van der Waals surface area contributed by atoms with E-state index in [9.17, 15) is 14.7 Å². The summed E-state index contributed by atoms with van der Waals surface area (Å²) in [6, 6.07) is 5.19. The molecule has 0 spiro atoms. The number of nitrogens with zero attached hydrogens (tertiary/aromatic N) is 3. The summed E-state index contributed by atoms with van der Waals surface area (Å²) in [7, 11) is 0. The number of benzene rings is 1. The summed E-state index contributed by atoms with van der Waals surface area (Å²) in [5.74, 6) is -0.0452. The van der Waals surface area contributed by atoms with Gasteiger partial charge in [0.05, 0.1) is 16.1 Å². The zero-order chi connectivity index (χ0) is 20.8. The van der Waals surface area contributed by atoms with Crippen molar-refractivity contribution in [3.8, 4) is 0 Å². The minimum Gasteiger partial charge on any atom is -0.392 e. The van der Waals surface area contributed by atoms with E-state index >= 15 is 0 Å². The molecule has 2 heterocycles. The Kier molecular flexibility index (Phi) is 7.95. The third-order valence-electron chi connectivity index (χ3n) is 5.43. The SMILES string of the molecule is O=C(C=Cc1ccc(Cl)c(Cl)c1)N1CCC(=O)N(CCN2CCC[C@H](O)C2)CC1. The van der Waals surface area contributed by atoms with E-state index in [0.717, 1.165) is 31.5 Å². The zero-order valence-corrected chi connectivity index (χ0v) is 17.9. The van der Waals surface area contributed by atoms with Crippen LogP contribution in [0, 0.1) is 0 Å². The fourth-order valence-electron chi connectivity index (χ4n) is 3.71. The van der Waals surface area contributed by atoms with Gasteiger partial charge in [0.25, 0.3) is 0 Å². The van der Waals surface area contributed by atoms with Gasteiger partial charge in [-0.3, -0.25) is 14.5 Å². The maximum atomic E-state index is 12.5. The van der Waals surface area contributed by atoms with Crippen LogP contribution < -0.4 is 0 Å². The number of halogens is 2. The summed E-state index contributed by atoms with van der Waals surface area (Å²) in [5.41, 5.74) is 0.795. The van der Waals surface area contributed by atoms with Gasteiger partial charge in [-0.15, -0.1) is 0 Å². The topological polar surface area (TPSA) is 64.1 Å². The molecule has 2 saturated heterocycles. The Morgan fingerprint density at radius 2 is 1.97 bits per heavy atom. The Bertz CT molecular complexity index is 772. The Balaban J connectivity index is 1.51. The highest BCUT2D eigenvalue weighted by Crippen LogP contribution is 2.23. The highest BCUT2D eigenvalue weighted by molar-refractivity contribution is 6.42. The lowest BCUT2D eigenvalue weighted by molar-refractivity contribution is -0.130. The van der Waals surface area contributed by atoms with Crippen LogP contribution in [0.3, 0.4) is 0 Å². The summed E-state index contributed by atoms with van der Waals surface area (Å²) >= 11 is 11.9. The molecule has 1 aromatic rings. The summed E-state index contributed by atoms with van der Waals surface area (Å²) in [4.78, 5) is 30.7. The largest absolute Gasteiger partial charge is 0.392 e. The van der Waals surface area contributed by atoms with Crippen molar-refractivity contribution in [3.05, 3.63) is 39.9 Å². The van der Waals surface area contributed by atoms with Gasteiger partial charge < -0.3 is 14.9 Å². The van der Waals surface area contributed by atoms with E-state index in [1.54, 1.807) is 29.2 Å². The number of hydrogen-bond donors (Lipinski definition) is 1. The number of likely N-dealkylation sites (tertiary alicyclic amines) is 1. The van der Waals surface area contributed by atoms with Gasteiger partial charge in [-0.1, -0.05) is 29.3 Å². The maximum Gasteiger partial charge on any atom is 0.246 e. The molecule has 29 heavy (non-hydrogen) atoms. The Labute approximate surface area is 181 Å². The van der Waals surface area contributed by atoms with Crippen molar-refractivity contribution < 1.29 is 14.7 Å². The molecule has 0 radical (unpaired) electrons. The van der Waals surface area contributed by atoms with E-state index in [4.69, 9.17) is 23.2 Å². The number of rotatable bonds is 5. The molecule has 1 aromatic carbocycles. The van der Waals surface area contributed by atoms with Crippen molar-refractivity contribution >= 4 is 41.1 Å². The van der Waals surface area contributed by atoms with E-state index in [1.807, 2.05) is 4.90 Å². The minimum absolute atomic E-state index is 0.0753. The predicted molar refractivity (Wildman–Crippen MR) is 115 cm³/mol. The average molecular weight is 440 g/mol. The normalized spacial score (nSPS) is 21.6. The molecule has 0 bridgehead atoms. The van der Waals surface area contributed by atoms with E-state index in [1.165, 1.54) is 6.08 Å². The van der Waals surface area contributed by atoms with Gasteiger partial charge >= 0.3 is 0 Å². The molecule has 0 aliphatic carbocycles. The van der Waals surface area contributed by atoms with Gasteiger partial charge in [0.1, 0.15) is 0 Å². The molecule has 0 saturated carbocycles. The van der Waals surface area contributed by atoms with Crippen LogP contribution in [0.25, 0.3) is 6.08 Å². The lowest BCUT2D eigenvalue weighted by Crippen LogP contribution is -2.44. The van der Waals surface area contributed by atoms with Gasteiger partial charge in [0.2, 0.25) is 11.8 Å². The molecule has 1 atom stereocenters. The van der Waals surface area contributed by atoms with Gasteiger partial charge in [-0.2, -0.15) is 0 Å². The highest BCUT2D eigenvalue weighted by Gasteiger charge is 2.24. The Morgan fingerprint density at radius 3 is 2.72 bits per heavy atom. The first-order chi connectivity index (χ1) is 13.9. The molecule has 2 aliphatic rings. The summed E-state index contributed by atoms with van der Waals surface area (Å²) in [5, 5.41) is 10.7. The molecule has 2 fully saturated rings. The van der Waals surface area contributed by atoms with Crippen molar-refractivity contribution in [2.45, 2.75) is 25.4 Å². The van der Waals surface area contributed by atoms with Crippen molar-refractivity contribution in [2.24, 2.45) is 0 Å². The fraction of sp³-hybridized carbons (Fsp3) is 0.524. The van der Waals surface area contributed by atoms with Crippen LogP contribution in [0.15, 0.2) is 24.3 Å². The van der Waals surface area contributed by atoms with Gasteiger partial charge in [0, 0.05) is 51.8 Å². The number of aliphatic hydroxyl groups is 1. The van der Waals surface area contributed by atoms with Crippen molar-refractivity contribution in [2.75, 3.05) is 45.8 Å². The van der Waals surface area contributed by atoms with Crippen LogP contribution in [-0.4, -0.2) is 83.5 Å². The molecule has 1 N–H and O–H groups in total. The highest BCUT2D eigenvalue weighted by atomic mass is 35.5. The van der Waals surface area contributed by atoms with E-state index in [-0.39, 0.29) is 17.9 Å². The standard InChI is InChI=1S/C21H27Cl2N3O3/c22-18-5-3-16(14-19(18)23)4-6-20(28)25-9-7-21(29)26(13-12-25)11-10-24-8-1-2-17(27)15-24/h3-6,14,17,27H,1-2,7-13,15H2/t17-/m0/s1. The van der Waals surface area contributed by atoms with Crippen LogP contribution in [0.4, 0.5) is 0 Å². The first-order valence-corrected chi connectivity index (χ1v) is 10.8. The third kappa shape index (κ3) is 6.44.